The number of likely N-dealkylation sites (N-methyl/N-ethyl adjacent to an activating group) is 1. The topological polar surface area (TPSA) is 71.9 Å². The highest BCUT2D eigenvalue weighted by atomic mass is 16.3. The van der Waals surface area contributed by atoms with Gasteiger partial charge in [-0.25, -0.2) is 5.01 Å². The largest absolute Gasteiger partial charge is 0.506 e. The predicted molar refractivity (Wildman–Crippen MR) is 72.5 cm³/mol. The molecule has 3 N–H and O–H groups in total. The van der Waals surface area contributed by atoms with Crippen LogP contribution in [0, 0.1) is 6.92 Å². The molecule has 2 rings (SSSR count). The van der Waals surface area contributed by atoms with Crippen LogP contribution in [0.4, 0.5) is 0 Å². The van der Waals surface area contributed by atoms with Gasteiger partial charge in [-0.15, -0.1) is 0 Å². The van der Waals surface area contributed by atoms with Crippen LogP contribution in [0.25, 0.3) is 0 Å². The first-order valence-corrected chi connectivity index (χ1v) is 6.56. The van der Waals surface area contributed by atoms with Crippen molar-refractivity contribution in [2.75, 3.05) is 33.2 Å². The smallest absolute Gasteiger partial charge is 0.141 e. The first-order chi connectivity index (χ1) is 9.11. The van der Waals surface area contributed by atoms with Gasteiger partial charge in [-0.05, 0) is 14.0 Å². The maximum absolute atomic E-state index is 10.0. The Morgan fingerprint density at radius 2 is 2.00 bits per heavy atom. The van der Waals surface area contributed by atoms with Crippen LogP contribution in [0.3, 0.4) is 0 Å². The Bertz CT molecular complexity index is 431. The molecule has 0 saturated carbocycles. The van der Waals surface area contributed by atoms with Crippen LogP contribution in [0.2, 0.25) is 0 Å². The van der Waals surface area contributed by atoms with E-state index in [2.05, 4.69) is 27.4 Å². The average Bonchev–Trinajstić information content (AvgIpc) is 2.42. The van der Waals surface area contributed by atoms with Gasteiger partial charge in [0.2, 0.25) is 0 Å². The van der Waals surface area contributed by atoms with Crippen molar-refractivity contribution in [3.63, 3.8) is 0 Å². The van der Waals surface area contributed by atoms with Crippen molar-refractivity contribution in [1.29, 1.82) is 0 Å². The van der Waals surface area contributed by atoms with Gasteiger partial charge >= 0.3 is 0 Å². The Balaban J connectivity index is 2.01. The number of pyridine rings is 1. The number of nitrogens with one attached hydrogen (secondary N) is 1. The summed E-state index contributed by atoms with van der Waals surface area (Å²) in [5.41, 5.74) is 5.30. The Hall–Kier alpha value is -1.21. The molecule has 1 aliphatic heterocycles. The summed E-state index contributed by atoms with van der Waals surface area (Å²) in [6.07, 6.45) is 1.62. The SMILES string of the molecule is Cc1ncc(CO)c(CNN2CCN(C)CC2)c1O. The lowest BCUT2D eigenvalue weighted by molar-refractivity contribution is 0.101. The van der Waals surface area contributed by atoms with Crippen molar-refractivity contribution in [3.05, 3.63) is 23.0 Å². The Labute approximate surface area is 113 Å². The summed E-state index contributed by atoms with van der Waals surface area (Å²) in [4.78, 5) is 6.34. The number of hydrazine groups is 1. The van der Waals surface area contributed by atoms with Crippen molar-refractivity contribution in [2.24, 2.45) is 0 Å². The second-order valence-electron chi connectivity index (χ2n) is 4.98. The van der Waals surface area contributed by atoms with E-state index >= 15 is 0 Å². The number of aliphatic hydroxyl groups is 1. The highest BCUT2D eigenvalue weighted by molar-refractivity contribution is 5.40. The van der Waals surface area contributed by atoms with Gasteiger partial charge in [-0.1, -0.05) is 0 Å². The lowest BCUT2D eigenvalue weighted by atomic mass is 10.1. The molecule has 1 fully saturated rings. The number of aromatic nitrogens is 1. The molecule has 1 aromatic rings. The van der Waals surface area contributed by atoms with Crippen LogP contribution in [0.5, 0.6) is 5.75 Å². The molecule has 0 amide bonds. The summed E-state index contributed by atoms with van der Waals surface area (Å²) in [7, 11) is 2.11. The van der Waals surface area contributed by atoms with Gasteiger partial charge < -0.3 is 15.1 Å². The minimum atomic E-state index is -0.111. The Morgan fingerprint density at radius 3 is 2.63 bits per heavy atom. The Morgan fingerprint density at radius 1 is 1.32 bits per heavy atom. The minimum absolute atomic E-state index is 0.111. The molecule has 1 aliphatic rings. The second-order valence-corrected chi connectivity index (χ2v) is 4.98. The third kappa shape index (κ3) is 3.42. The van der Waals surface area contributed by atoms with E-state index in [4.69, 9.17) is 0 Å². The molecular formula is C13H22N4O2. The van der Waals surface area contributed by atoms with Crippen molar-refractivity contribution in [3.8, 4) is 5.75 Å². The highest BCUT2D eigenvalue weighted by Crippen LogP contribution is 2.23. The number of hydrogen-bond acceptors (Lipinski definition) is 6. The quantitative estimate of drug-likeness (QED) is 0.703. The number of aromatic hydroxyl groups is 1. The summed E-state index contributed by atoms with van der Waals surface area (Å²) in [5.74, 6) is 0.174. The van der Waals surface area contributed by atoms with E-state index in [-0.39, 0.29) is 12.4 Å². The lowest BCUT2D eigenvalue weighted by Gasteiger charge is -2.32. The number of piperazine rings is 1. The van der Waals surface area contributed by atoms with E-state index in [0.29, 0.717) is 17.8 Å². The third-order valence-electron chi connectivity index (χ3n) is 3.58. The average molecular weight is 266 g/mol. The molecule has 0 spiro atoms. The van der Waals surface area contributed by atoms with E-state index < -0.39 is 0 Å². The second kappa shape index (κ2) is 6.29. The molecule has 0 atom stereocenters. The van der Waals surface area contributed by atoms with E-state index in [1.54, 1.807) is 13.1 Å². The zero-order valence-electron chi connectivity index (χ0n) is 11.6. The number of nitrogens with zero attached hydrogens (tertiary/aromatic N) is 3. The van der Waals surface area contributed by atoms with Gasteiger partial charge in [0.1, 0.15) is 5.75 Å². The molecular weight excluding hydrogens is 244 g/mol. The van der Waals surface area contributed by atoms with Gasteiger partial charge in [-0.3, -0.25) is 10.4 Å². The molecule has 106 valence electrons. The minimum Gasteiger partial charge on any atom is -0.506 e. The van der Waals surface area contributed by atoms with Crippen LogP contribution >= 0.6 is 0 Å². The van der Waals surface area contributed by atoms with Crippen LogP contribution < -0.4 is 5.43 Å². The van der Waals surface area contributed by atoms with Crippen molar-refractivity contribution >= 4 is 0 Å². The van der Waals surface area contributed by atoms with Crippen LogP contribution in [0.15, 0.2) is 6.20 Å². The van der Waals surface area contributed by atoms with Crippen molar-refractivity contribution in [1.82, 2.24) is 20.3 Å². The summed E-state index contributed by atoms with van der Waals surface area (Å²) in [6, 6.07) is 0. The van der Waals surface area contributed by atoms with Gasteiger partial charge in [0.25, 0.3) is 0 Å². The zero-order valence-corrected chi connectivity index (χ0v) is 11.6. The molecule has 0 aliphatic carbocycles. The third-order valence-corrected chi connectivity index (χ3v) is 3.58. The monoisotopic (exact) mass is 266 g/mol. The molecule has 6 heteroatoms. The number of aryl methyl sites for hydroxylation is 1. The lowest BCUT2D eigenvalue weighted by Crippen LogP contribution is -2.50. The van der Waals surface area contributed by atoms with Gasteiger partial charge in [0.05, 0.1) is 12.3 Å². The fraction of sp³-hybridized carbons (Fsp3) is 0.615. The van der Waals surface area contributed by atoms with Gasteiger partial charge in [0.15, 0.2) is 0 Å². The predicted octanol–water partition coefficient (Wildman–Crippen LogP) is -0.160. The number of hydrogen-bond donors (Lipinski definition) is 3. The van der Waals surface area contributed by atoms with Gasteiger partial charge in [0, 0.05) is 50.0 Å². The van der Waals surface area contributed by atoms with E-state index in [1.165, 1.54) is 0 Å². The summed E-state index contributed by atoms with van der Waals surface area (Å²) < 4.78 is 0. The summed E-state index contributed by atoms with van der Waals surface area (Å²) >= 11 is 0. The van der Waals surface area contributed by atoms with Crippen LogP contribution in [-0.4, -0.2) is 58.3 Å². The maximum Gasteiger partial charge on any atom is 0.141 e. The first kappa shape index (κ1) is 14.2. The van der Waals surface area contributed by atoms with Crippen molar-refractivity contribution in [2.45, 2.75) is 20.1 Å². The summed E-state index contributed by atoms with van der Waals surface area (Å²) in [6.45, 7) is 6.12. The molecule has 1 saturated heterocycles. The zero-order chi connectivity index (χ0) is 13.8. The molecule has 0 bridgehead atoms. The van der Waals surface area contributed by atoms with E-state index in [9.17, 15) is 10.2 Å². The van der Waals surface area contributed by atoms with E-state index in [1.807, 2.05) is 0 Å². The van der Waals surface area contributed by atoms with Crippen LogP contribution in [0.1, 0.15) is 16.8 Å². The fourth-order valence-electron chi connectivity index (χ4n) is 2.17. The number of aliphatic hydroxyl groups excluding tert-OH is 1. The molecule has 0 aromatic carbocycles. The standard InChI is InChI=1S/C13H22N4O2/c1-10-13(19)12(11(9-18)7-14-10)8-15-17-5-3-16(2)4-6-17/h7,15,18-19H,3-6,8-9H2,1-2H3. The molecule has 1 aromatic heterocycles. The normalized spacial score (nSPS) is 17.8. The molecule has 0 unspecified atom stereocenters. The fourth-order valence-corrected chi connectivity index (χ4v) is 2.17. The number of rotatable bonds is 4. The Kier molecular flexibility index (Phi) is 4.71. The van der Waals surface area contributed by atoms with E-state index in [0.717, 1.165) is 31.7 Å². The van der Waals surface area contributed by atoms with Crippen molar-refractivity contribution < 1.29 is 10.2 Å². The molecule has 0 radical (unpaired) electrons. The summed E-state index contributed by atoms with van der Waals surface area (Å²) in [5, 5.41) is 21.5. The highest BCUT2D eigenvalue weighted by Gasteiger charge is 2.16. The molecule has 19 heavy (non-hydrogen) atoms. The molecule has 2 heterocycles. The molecule has 6 nitrogen and oxygen atoms in total. The first-order valence-electron chi connectivity index (χ1n) is 6.56. The van der Waals surface area contributed by atoms with Crippen LogP contribution in [-0.2, 0) is 13.2 Å². The van der Waals surface area contributed by atoms with Gasteiger partial charge in [-0.2, -0.15) is 0 Å². The maximum atomic E-state index is 10.0.